The van der Waals surface area contributed by atoms with Crippen LogP contribution < -0.4 is 11.1 Å². The van der Waals surface area contributed by atoms with Gasteiger partial charge >= 0.3 is 0 Å². The maximum atomic E-state index is 8.85. The molecule has 2 rings (SSSR count). The molecule has 2 aromatic carbocycles. The van der Waals surface area contributed by atoms with Crippen LogP contribution in [-0.4, -0.2) is 0 Å². The fourth-order valence-electron chi connectivity index (χ4n) is 1.46. The summed E-state index contributed by atoms with van der Waals surface area (Å²) in [6.07, 6.45) is 0. The van der Waals surface area contributed by atoms with E-state index >= 15 is 0 Å². The number of hydrogen-bond acceptors (Lipinski definition) is 3. The van der Waals surface area contributed by atoms with Crippen LogP contribution in [0.1, 0.15) is 5.56 Å². The normalized spacial score (nSPS) is 9.83. The molecule has 0 saturated heterocycles. The summed E-state index contributed by atoms with van der Waals surface area (Å²) in [6.45, 7) is 0. The van der Waals surface area contributed by atoms with Crippen LogP contribution in [0.25, 0.3) is 0 Å². The Labute approximate surface area is 118 Å². The summed E-state index contributed by atoms with van der Waals surface area (Å²) in [5.74, 6) is 0. The zero-order valence-corrected chi connectivity index (χ0v) is 11.6. The van der Waals surface area contributed by atoms with Crippen LogP contribution in [0, 0.1) is 11.3 Å². The smallest absolute Gasteiger partial charge is 0.0992 e. The van der Waals surface area contributed by atoms with Gasteiger partial charge in [-0.15, -0.1) is 0 Å². The van der Waals surface area contributed by atoms with Gasteiger partial charge in [-0.1, -0.05) is 11.6 Å². The van der Waals surface area contributed by atoms with Crippen molar-refractivity contribution in [2.45, 2.75) is 0 Å². The van der Waals surface area contributed by atoms with Gasteiger partial charge in [0.2, 0.25) is 0 Å². The minimum absolute atomic E-state index is 0.551. The highest BCUT2D eigenvalue weighted by Crippen LogP contribution is 2.29. The average molecular weight is 323 g/mol. The molecule has 0 spiro atoms. The van der Waals surface area contributed by atoms with Gasteiger partial charge in [0.05, 0.1) is 28.0 Å². The van der Waals surface area contributed by atoms with Gasteiger partial charge in [0.15, 0.2) is 0 Å². The predicted molar refractivity (Wildman–Crippen MR) is 78.0 cm³/mol. The van der Waals surface area contributed by atoms with Crippen molar-refractivity contribution in [2.75, 3.05) is 11.1 Å². The van der Waals surface area contributed by atoms with E-state index in [2.05, 4.69) is 27.3 Å². The predicted octanol–water partition coefficient (Wildman–Crippen LogP) is 4.30. The fraction of sp³-hybridized carbons (Fsp3) is 0. The van der Waals surface area contributed by atoms with Crippen molar-refractivity contribution < 1.29 is 0 Å². The lowest BCUT2D eigenvalue weighted by molar-refractivity contribution is 1.47. The second-order valence-electron chi connectivity index (χ2n) is 3.67. The Balaban J connectivity index is 2.33. The van der Waals surface area contributed by atoms with Gasteiger partial charge in [-0.05, 0) is 52.3 Å². The molecule has 0 aromatic heterocycles. The molecule has 3 N–H and O–H groups in total. The first-order valence-corrected chi connectivity index (χ1v) is 6.29. The van der Waals surface area contributed by atoms with E-state index in [4.69, 9.17) is 22.6 Å². The van der Waals surface area contributed by atoms with Gasteiger partial charge in [0.1, 0.15) is 0 Å². The minimum Gasteiger partial charge on any atom is -0.397 e. The third-order valence-corrected chi connectivity index (χ3v) is 3.61. The molecule has 0 aliphatic carbocycles. The summed E-state index contributed by atoms with van der Waals surface area (Å²) in [6, 6.07) is 12.6. The van der Waals surface area contributed by atoms with Crippen LogP contribution in [0.5, 0.6) is 0 Å². The maximum absolute atomic E-state index is 8.85. The van der Waals surface area contributed by atoms with E-state index in [1.54, 1.807) is 24.3 Å². The van der Waals surface area contributed by atoms with Crippen LogP contribution in [-0.2, 0) is 0 Å². The monoisotopic (exact) mass is 321 g/mol. The van der Waals surface area contributed by atoms with E-state index in [-0.39, 0.29) is 0 Å². The molecule has 0 amide bonds. The first-order chi connectivity index (χ1) is 8.60. The summed E-state index contributed by atoms with van der Waals surface area (Å²) in [5.41, 5.74) is 8.47. The van der Waals surface area contributed by atoms with Gasteiger partial charge < -0.3 is 11.1 Å². The Morgan fingerprint density at radius 1 is 1.22 bits per heavy atom. The van der Waals surface area contributed by atoms with Crippen LogP contribution >= 0.6 is 27.5 Å². The van der Waals surface area contributed by atoms with Crippen molar-refractivity contribution in [1.29, 1.82) is 5.26 Å². The number of nitrogens with zero attached hydrogens (tertiary/aromatic N) is 1. The van der Waals surface area contributed by atoms with Crippen molar-refractivity contribution in [3.63, 3.8) is 0 Å². The molecule has 90 valence electrons. The summed E-state index contributed by atoms with van der Waals surface area (Å²) in [4.78, 5) is 0. The quantitative estimate of drug-likeness (QED) is 0.810. The van der Waals surface area contributed by atoms with Crippen LogP contribution in [0.3, 0.4) is 0 Å². The Morgan fingerprint density at radius 2 is 2.00 bits per heavy atom. The second kappa shape index (κ2) is 5.30. The molecule has 0 heterocycles. The first-order valence-electron chi connectivity index (χ1n) is 5.12. The second-order valence-corrected chi connectivity index (χ2v) is 4.93. The number of hydrogen-bond donors (Lipinski definition) is 2. The Hall–Kier alpha value is -1.70. The van der Waals surface area contributed by atoms with Gasteiger partial charge in [0.25, 0.3) is 0 Å². The van der Waals surface area contributed by atoms with E-state index < -0.39 is 0 Å². The molecule has 2 aromatic rings. The molecular formula is C13H9BrClN3. The number of anilines is 3. The zero-order chi connectivity index (χ0) is 13.1. The molecule has 0 unspecified atom stereocenters. The summed E-state index contributed by atoms with van der Waals surface area (Å²) in [7, 11) is 0. The van der Waals surface area contributed by atoms with Gasteiger partial charge in [-0.25, -0.2) is 0 Å². The Bertz CT molecular complexity index is 635. The van der Waals surface area contributed by atoms with E-state index in [9.17, 15) is 0 Å². The van der Waals surface area contributed by atoms with Gasteiger partial charge in [-0.2, -0.15) is 5.26 Å². The van der Waals surface area contributed by atoms with Crippen molar-refractivity contribution in [1.82, 2.24) is 0 Å². The summed E-state index contributed by atoms with van der Waals surface area (Å²) in [5, 5.41) is 12.6. The third-order valence-electron chi connectivity index (χ3n) is 2.38. The number of benzene rings is 2. The Morgan fingerprint density at radius 3 is 2.67 bits per heavy atom. The number of halogens is 2. The fourth-order valence-corrected chi connectivity index (χ4v) is 1.89. The molecule has 18 heavy (non-hydrogen) atoms. The van der Waals surface area contributed by atoms with E-state index in [1.807, 2.05) is 12.1 Å². The molecule has 0 bridgehead atoms. The van der Waals surface area contributed by atoms with Crippen molar-refractivity contribution in [3.8, 4) is 6.07 Å². The SMILES string of the molecule is N#Cc1ccc(N)c(Nc2ccc(Br)c(Cl)c2)c1. The molecule has 0 fully saturated rings. The van der Waals surface area contributed by atoms with Gasteiger partial charge in [0, 0.05) is 10.2 Å². The molecule has 5 heteroatoms. The number of nitriles is 1. The lowest BCUT2D eigenvalue weighted by Gasteiger charge is -2.10. The minimum atomic E-state index is 0.551. The van der Waals surface area contributed by atoms with Crippen LogP contribution in [0.15, 0.2) is 40.9 Å². The molecule has 0 aliphatic heterocycles. The molecular weight excluding hydrogens is 314 g/mol. The Kier molecular flexibility index (Phi) is 3.75. The van der Waals surface area contributed by atoms with Gasteiger partial charge in [-0.3, -0.25) is 0 Å². The van der Waals surface area contributed by atoms with Crippen molar-refractivity contribution in [2.24, 2.45) is 0 Å². The highest BCUT2D eigenvalue weighted by Gasteiger charge is 2.03. The number of nitrogen functional groups attached to an aromatic ring is 1. The van der Waals surface area contributed by atoms with E-state index in [0.29, 0.717) is 22.0 Å². The topological polar surface area (TPSA) is 61.8 Å². The summed E-state index contributed by atoms with van der Waals surface area (Å²) < 4.78 is 0.827. The van der Waals surface area contributed by atoms with E-state index in [1.165, 1.54) is 0 Å². The number of rotatable bonds is 2. The maximum Gasteiger partial charge on any atom is 0.0992 e. The summed E-state index contributed by atoms with van der Waals surface area (Å²) >= 11 is 9.33. The molecule has 0 aliphatic rings. The standard InChI is InChI=1S/C13H9BrClN3/c14-10-3-2-9(6-11(10)15)18-13-5-8(7-16)1-4-12(13)17/h1-6,18H,17H2. The lowest BCUT2D eigenvalue weighted by Crippen LogP contribution is -1.96. The van der Waals surface area contributed by atoms with E-state index in [0.717, 1.165) is 10.2 Å². The largest absolute Gasteiger partial charge is 0.397 e. The van der Waals surface area contributed by atoms with Crippen molar-refractivity contribution >= 4 is 44.6 Å². The highest BCUT2D eigenvalue weighted by atomic mass is 79.9. The van der Waals surface area contributed by atoms with Crippen LogP contribution in [0.4, 0.5) is 17.1 Å². The molecule has 3 nitrogen and oxygen atoms in total. The highest BCUT2D eigenvalue weighted by molar-refractivity contribution is 9.10. The average Bonchev–Trinajstić information content (AvgIpc) is 2.36. The molecule has 0 saturated carbocycles. The van der Waals surface area contributed by atoms with Crippen molar-refractivity contribution in [3.05, 3.63) is 51.5 Å². The van der Waals surface area contributed by atoms with Crippen LogP contribution in [0.2, 0.25) is 5.02 Å². The lowest BCUT2D eigenvalue weighted by atomic mass is 10.2. The third kappa shape index (κ3) is 2.76. The molecule has 0 radical (unpaired) electrons. The number of nitrogens with one attached hydrogen (secondary N) is 1. The number of nitrogens with two attached hydrogens (primary N) is 1. The zero-order valence-electron chi connectivity index (χ0n) is 9.24. The first kappa shape index (κ1) is 12.7. The molecule has 0 atom stereocenters.